The molecule has 0 amide bonds. The van der Waals surface area contributed by atoms with Crippen molar-refractivity contribution in [3.05, 3.63) is 23.6 Å². The van der Waals surface area contributed by atoms with Crippen molar-refractivity contribution in [2.24, 2.45) is 0 Å². The van der Waals surface area contributed by atoms with E-state index in [1.807, 2.05) is 0 Å². The van der Waals surface area contributed by atoms with Crippen LogP contribution in [0.15, 0.2) is 12.3 Å². The summed E-state index contributed by atoms with van der Waals surface area (Å²) in [4.78, 5) is 3.85. The Balaban J connectivity index is 2.55. The largest absolute Gasteiger partial charge is 0.475 e. The van der Waals surface area contributed by atoms with Gasteiger partial charge in [-0.1, -0.05) is 0 Å². The molecule has 0 aliphatic carbocycles. The Kier molecular flexibility index (Phi) is 5.74. The van der Waals surface area contributed by atoms with Gasteiger partial charge < -0.3 is 14.8 Å². The number of rotatable bonds is 7. The minimum atomic E-state index is -0.394. The molecule has 0 saturated carbocycles. The minimum Gasteiger partial charge on any atom is -0.475 e. The third kappa shape index (κ3) is 3.75. The van der Waals surface area contributed by atoms with E-state index in [0.717, 1.165) is 0 Å². The van der Waals surface area contributed by atoms with Crippen molar-refractivity contribution in [3.63, 3.8) is 0 Å². The number of hydrogen-bond donors (Lipinski definition) is 1. The van der Waals surface area contributed by atoms with Gasteiger partial charge in [0.15, 0.2) is 5.82 Å². The molecule has 0 aliphatic rings. The van der Waals surface area contributed by atoms with E-state index >= 15 is 0 Å². The summed E-state index contributed by atoms with van der Waals surface area (Å²) in [5.41, 5.74) is 0.555. The highest BCUT2D eigenvalue weighted by Crippen LogP contribution is 2.17. The van der Waals surface area contributed by atoms with Gasteiger partial charge in [0.05, 0.1) is 6.61 Å². The van der Waals surface area contributed by atoms with Crippen molar-refractivity contribution >= 4 is 0 Å². The number of hydrogen-bond acceptors (Lipinski definition) is 4. The van der Waals surface area contributed by atoms with Crippen LogP contribution in [0.2, 0.25) is 0 Å². The van der Waals surface area contributed by atoms with Gasteiger partial charge in [0.1, 0.15) is 0 Å². The molecule has 0 radical (unpaired) electrons. The molecule has 1 heterocycles. The molecular formula is C11H17FN2O2. The summed E-state index contributed by atoms with van der Waals surface area (Å²) in [6, 6.07) is 1.63. The van der Waals surface area contributed by atoms with Crippen LogP contribution in [0.4, 0.5) is 4.39 Å². The Labute approximate surface area is 94.8 Å². The first-order valence-corrected chi connectivity index (χ1v) is 5.19. The maximum Gasteiger partial charge on any atom is 0.250 e. The molecule has 0 fully saturated rings. The molecule has 0 saturated heterocycles. The molecule has 0 atom stereocenters. The fraction of sp³-hybridized carbons (Fsp3) is 0.545. The number of aromatic nitrogens is 1. The van der Waals surface area contributed by atoms with Crippen molar-refractivity contribution in [1.82, 2.24) is 10.3 Å². The van der Waals surface area contributed by atoms with Gasteiger partial charge in [-0.3, -0.25) is 0 Å². The molecule has 5 heteroatoms. The number of methoxy groups -OCH3 is 1. The molecule has 0 unspecified atom stereocenters. The van der Waals surface area contributed by atoms with Crippen LogP contribution in [0.3, 0.4) is 0 Å². The number of nitrogens with one attached hydrogen (secondary N) is 1. The van der Waals surface area contributed by atoms with Gasteiger partial charge in [-0.15, -0.1) is 0 Å². The number of halogens is 1. The summed E-state index contributed by atoms with van der Waals surface area (Å²) in [5, 5.41) is 2.89. The lowest BCUT2D eigenvalue weighted by molar-refractivity contribution is 0.168. The molecular weight excluding hydrogens is 211 g/mol. The predicted octanol–water partition coefficient (Wildman–Crippen LogP) is 1.36. The Bertz CT molecular complexity index is 321. The third-order valence-corrected chi connectivity index (χ3v) is 2.04. The lowest BCUT2D eigenvalue weighted by Gasteiger charge is -2.08. The molecule has 1 aromatic heterocycles. The van der Waals surface area contributed by atoms with Gasteiger partial charge in [-0.2, -0.15) is 0 Å². The van der Waals surface area contributed by atoms with E-state index in [9.17, 15) is 4.39 Å². The van der Waals surface area contributed by atoms with Crippen molar-refractivity contribution in [1.29, 1.82) is 0 Å². The molecule has 4 nitrogen and oxygen atoms in total. The summed E-state index contributed by atoms with van der Waals surface area (Å²) in [6.07, 6.45) is 2.26. The zero-order valence-electron chi connectivity index (χ0n) is 9.62. The maximum atomic E-state index is 13.7. The monoisotopic (exact) mass is 228 g/mol. The van der Waals surface area contributed by atoms with Crippen LogP contribution >= 0.6 is 0 Å². The lowest BCUT2D eigenvalue weighted by atomic mass is 10.2. The van der Waals surface area contributed by atoms with Gasteiger partial charge in [0.25, 0.3) is 5.88 Å². The highest BCUT2D eigenvalue weighted by molar-refractivity contribution is 5.23. The van der Waals surface area contributed by atoms with Gasteiger partial charge in [0.2, 0.25) is 0 Å². The lowest BCUT2D eigenvalue weighted by Crippen LogP contribution is -2.10. The smallest absolute Gasteiger partial charge is 0.250 e. The van der Waals surface area contributed by atoms with E-state index in [-0.39, 0.29) is 5.88 Å². The van der Waals surface area contributed by atoms with E-state index < -0.39 is 5.82 Å². The van der Waals surface area contributed by atoms with Gasteiger partial charge in [0, 0.05) is 38.4 Å². The van der Waals surface area contributed by atoms with Crippen LogP contribution in [0.5, 0.6) is 5.88 Å². The molecule has 1 N–H and O–H groups in total. The highest BCUT2D eigenvalue weighted by atomic mass is 19.1. The van der Waals surface area contributed by atoms with Crippen LogP contribution in [0, 0.1) is 5.82 Å². The van der Waals surface area contributed by atoms with Crippen LogP contribution < -0.4 is 10.1 Å². The summed E-state index contributed by atoms with van der Waals surface area (Å²) in [6.45, 7) is 1.46. The number of pyridine rings is 1. The predicted molar refractivity (Wildman–Crippen MR) is 58.9 cm³/mol. The Morgan fingerprint density at radius 1 is 1.44 bits per heavy atom. The minimum absolute atomic E-state index is 0.0591. The SMILES string of the molecule is CNCc1ccnc(OCCCOC)c1F. The first-order valence-electron chi connectivity index (χ1n) is 5.19. The second-order valence-electron chi connectivity index (χ2n) is 3.31. The van der Waals surface area contributed by atoms with E-state index in [1.54, 1.807) is 26.4 Å². The van der Waals surface area contributed by atoms with E-state index in [1.165, 1.54) is 0 Å². The average Bonchev–Trinajstić information content (AvgIpc) is 2.29. The highest BCUT2D eigenvalue weighted by Gasteiger charge is 2.09. The standard InChI is InChI=1S/C11H17FN2O2/c1-13-8-9-4-5-14-11(10(9)12)16-7-3-6-15-2/h4-5,13H,3,6-8H2,1-2H3. The fourth-order valence-corrected chi connectivity index (χ4v) is 1.26. The van der Waals surface area contributed by atoms with Crippen molar-refractivity contribution in [2.75, 3.05) is 27.4 Å². The van der Waals surface area contributed by atoms with Crippen molar-refractivity contribution in [2.45, 2.75) is 13.0 Å². The second kappa shape index (κ2) is 7.14. The molecule has 0 bridgehead atoms. The fourth-order valence-electron chi connectivity index (χ4n) is 1.26. The van der Waals surface area contributed by atoms with E-state index in [4.69, 9.17) is 9.47 Å². The number of nitrogens with zero attached hydrogens (tertiary/aromatic N) is 1. The molecule has 90 valence electrons. The molecule has 1 aromatic rings. The normalized spacial score (nSPS) is 10.4. The third-order valence-electron chi connectivity index (χ3n) is 2.04. The quantitative estimate of drug-likeness (QED) is 0.715. The average molecular weight is 228 g/mol. The molecule has 1 rings (SSSR count). The van der Waals surface area contributed by atoms with Gasteiger partial charge in [-0.25, -0.2) is 9.37 Å². The van der Waals surface area contributed by atoms with E-state index in [2.05, 4.69) is 10.3 Å². The summed E-state index contributed by atoms with van der Waals surface area (Å²) in [5.74, 6) is -0.335. The molecule has 0 spiro atoms. The number of ether oxygens (including phenoxy) is 2. The first-order chi connectivity index (χ1) is 7.79. The van der Waals surface area contributed by atoms with Crippen LogP contribution in [0.25, 0.3) is 0 Å². The van der Waals surface area contributed by atoms with E-state index in [0.29, 0.717) is 31.7 Å². The topological polar surface area (TPSA) is 43.4 Å². The first kappa shape index (κ1) is 12.9. The molecule has 0 aliphatic heterocycles. The van der Waals surface area contributed by atoms with Crippen molar-refractivity contribution < 1.29 is 13.9 Å². The Morgan fingerprint density at radius 3 is 2.94 bits per heavy atom. The summed E-state index contributed by atoms with van der Waals surface area (Å²) in [7, 11) is 3.38. The van der Waals surface area contributed by atoms with Crippen molar-refractivity contribution in [3.8, 4) is 5.88 Å². The summed E-state index contributed by atoms with van der Waals surface area (Å²) < 4.78 is 23.8. The Hall–Kier alpha value is -1.20. The summed E-state index contributed by atoms with van der Waals surface area (Å²) >= 11 is 0. The molecule has 0 aromatic carbocycles. The van der Waals surface area contributed by atoms with Crippen LogP contribution in [-0.4, -0.2) is 32.4 Å². The maximum absolute atomic E-state index is 13.7. The van der Waals surface area contributed by atoms with Gasteiger partial charge in [-0.05, 0) is 13.1 Å². The van der Waals surface area contributed by atoms with Gasteiger partial charge >= 0.3 is 0 Å². The second-order valence-corrected chi connectivity index (χ2v) is 3.31. The zero-order valence-corrected chi connectivity index (χ0v) is 9.62. The van der Waals surface area contributed by atoms with Crippen LogP contribution in [0.1, 0.15) is 12.0 Å². The van der Waals surface area contributed by atoms with Crippen LogP contribution in [-0.2, 0) is 11.3 Å². The Morgan fingerprint density at radius 2 is 2.25 bits per heavy atom. The zero-order chi connectivity index (χ0) is 11.8. The molecule has 16 heavy (non-hydrogen) atoms.